The van der Waals surface area contributed by atoms with E-state index in [4.69, 9.17) is 0 Å². The molecule has 0 saturated carbocycles. The Morgan fingerprint density at radius 1 is 1.17 bits per heavy atom. The van der Waals surface area contributed by atoms with Crippen LogP contribution in [0.5, 0.6) is 0 Å². The van der Waals surface area contributed by atoms with E-state index in [1.165, 1.54) is 0 Å². The molecule has 0 aromatic heterocycles. The lowest BCUT2D eigenvalue weighted by Gasteiger charge is -2.16. The van der Waals surface area contributed by atoms with Crippen LogP contribution in [0.2, 0.25) is 0 Å². The van der Waals surface area contributed by atoms with Gasteiger partial charge in [0.05, 0.1) is 7.05 Å². The molecule has 0 heterocycles. The first-order valence-corrected chi connectivity index (χ1v) is 4.34. The van der Waals surface area contributed by atoms with Crippen molar-refractivity contribution in [3.05, 3.63) is 12.3 Å². The molecule has 0 fully saturated rings. The van der Waals surface area contributed by atoms with Crippen LogP contribution in [0, 0.1) is 5.92 Å². The standard InChI is InChI=1S/C9H19N3/c1-8(2)6-7-12(9(3)4)11-10-5/h6-9H,1-5H3/b7-6+,11-10?. The lowest BCUT2D eigenvalue weighted by Crippen LogP contribution is -2.18. The van der Waals surface area contributed by atoms with Crippen LogP contribution in [0.25, 0.3) is 0 Å². The Kier molecular flexibility index (Phi) is 5.34. The van der Waals surface area contributed by atoms with Gasteiger partial charge in [-0.3, -0.25) is 5.01 Å². The van der Waals surface area contributed by atoms with Gasteiger partial charge in [0.2, 0.25) is 0 Å². The molecule has 0 aliphatic carbocycles. The average molecular weight is 169 g/mol. The highest BCUT2D eigenvalue weighted by atomic mass is 15.5. The first kappa shape index (κ1) is 11.1. The molecule has 3 heteroatoms. The molecule has 0 rings (SSSR count). The van der Waals surface area contributed by atoms with E-state index in [0.29, 0.717) is 12.0 Å². The maximum atomic E-state index is 3.97. The molecule has 0 radical (unpaired) electrons. The molecule has 0 aromatic carbocycles. The summed E-state index contributed by atoms with van der Waals surface area (Å²) in [5.74, 6) is 0.554. The molecule has 12 heavy (non-hydrogen) atoms. The van der Waals surface area contributed by atoms with E-state index < -0.39 is 0 Å². The number of allylic oxidation sites excluding steroid dienone is 1. The summed E-state index contributed by atoms with van der Waals surface area (Å²) in [6, 6.07) is 0.365. The zero-order chi connectivity index (χ0) is 9.56. The molecule has 0 unspecified atom stereocenters. The summed E-state index contributed by atoms with van der Waals surface area (Å²) in [6.45, 7) is 8.44. The molecule has 0 bridgehead atoms. The van der Waals surface area contributed by atoms with Crippen LogP contribution in [-0.4, -0.2) is 18.1 Å². The van der Waals surface area contributed by atoms with Gasteiger partial charge in [0.15, 0.2) is 0 Å². The van der Waals surface area contributed by atoms with E-state index in [-0.39, 0.29) is 0 Å². The summed E-state index contributed by atoms with van der Waals surface area (Å²) in [6.07, 6.45) is 4.08. The lowest BCUT2D eigenvalue weighted by molar-refractivity contribution is 0.304. The molecular weight excluding hydrogens is 150 g/mol. The van der Waals surface area contributed by atoms with Gasteiger partial charge in [-0.25, -0.2) is 0 Å². The van der Waals surface area contributed by atoms with Crippen LogP contribution in [0.15, 0.2) is 22.6 Å². The van der Waals surface area contributed by atoms with Crippen LogP contribution in [0.3, 0.4) is 0 Å². The molecule has 0 aliphatic rings. The van der Waals surface area contributed by atoms with Gasteiger partial charge in [-0.05, 0) is 19.8 Å². The van der Waals surface area contributed by atoms with E-state index in [0.717, 1.165) is 0 Å². The summed E-state index contributed by atoms with van der Waals surface area (Å²) in [7, 11) is 1.68. The van der Waals surface area contributed by atoms with Crippen LogP contribution < -0.4 is 0 Å². The average Bonchev–Trinajstić information content (AvgIpc) is 1.96. The normalized spacial score (nSPS) is 12.6. The summed E-state index contributed by atoms with van der Waals surface area (Å²) in [5.41, 5.74) is 0. The third-order valence-electron chi connectivity index (χ3n) is 1.35. The summed E-state index contributed by atoms with van der Waals surface area (Å²) in [4.78, 5) is 0. The van der Waals surface area contributed by atoms with Gasteiger partial charge in [0.1, 0.15) is 0 Å². The second kappa shape index (κ2) is 5.75. The Morgan fingerprint density at radius 3 is 2.08 bits per heavy atom. The minimum absolute atomic E-state index is 0.365. The van der Waals surface area contributed by atoms with Crippen molar-refractivity contribution >= 4 is 0 Å². The van der Waals surface area contributed by atoms with Crippen molar-refractivity contribution in [1.29, 1.82) is 0 Å². The maximum Gasteiger partial charge on any atom is 0.0509 e. The van der Waals surface area contributed by atoms with Crippen LogP contribution in [0.1, 0.15) is 27.7 Å². The van der Waals surface area contributed by atoms with Crippen LogP contribution in [0.4, 0.5) is 0 Å². The minimum atomic E-state index is 0.365. The quantitative estimate of drug-likeness (QED) is 0.470. The van der Waals surface area contributed by atoms with Gasteiger partial charge in [0, 0.05) is 12.2 Å². The van der Waals surface area contributed by atoms with E-state index in [1.54, 1.807) is 7.05 Å². The highest BCUT2D eigenvalue weighted by Crippen LogP contribution is 2.03. The largest absolute Gasteiger partial charge is 0.252 e. The topological polar surface area (TPSA) is 28.0 Å². The lowest BCUT2D eigenvalue weighted by atomic mass is 10.2. The van der Waals surface area contributed by atoms with Crippen molar-refractivity contribution in [1.82, 2.24) is 5.01 Å². The highest BCUT2D eigenvalue weighted by molar-refractivity contribution is 4.84. The predicted molar refractivity (Wildman–Crippen MR) is 51.7 cm³/mol. The maximum absolute atomic E-state index is 3.97. The first-order valence-electron chi connectivity index (χ1n) is 4.34. The SMILES string of the molecule is CN=NN(/C=C/C(C)C)C(C)C. The van der Waals surface area contributed by atoms with Crippen molar-refractivity contribution in [3.63, 3.8) is 0 Å². The Labute approximate surface area is 75.1 Å². The fraction of sp³-hybridized carbons (Fsp3) is 0.778. The van der Waals surface area contributed by atoms with E-state index in [9.17, 15) is 0 Å². The molecule has 0 aromatic rings. The van der Waals surface area contributed by atoms with E-state index in [1.807, 2.05) is 11.2 Å². The predicted octanol–water partition coefficient (Wildman–Crippen LogP) is 2.86. The van der Waals surface area contributed by atoms with Gasteiger partial charge in [-0.1, -0.05) is 25.1 Å². The molecular formula is C9H19N3. The number of nitrogens with zero attached hydrogens (tertiary/aromatic N) is 3. The molecule has 0 amide bonds. The first-order chi connectivity index (χ1) is 5.57. The molecule has 0 N–H and O–H groups in total. The zero-order valence-corrected chi connectivity index (χ0v) is 8.65. The van der Waals surface area contributed by atoms with Gasteiger partial charge in [-0.15, -0.1) is 0 Å². The molecule has 70 valence electrons. The van der Waals surface area contributed by atoms with Crippen LogP contribution >= 0.6 is 0 Å². The van der Waals surface area contributed by atoms with E-state index >= 15 is 0 Å². The Bertz CT molecular complexity index is 159. The van der Waals surface area contributed by atoms with Crippen molar-refractivity contribution < 1.29 is 0 Å². The van der Waals surface area contributed by atoms with Crippen molar-refractivity contribution in [2.45, 2.75) is 33.7 Å². The third kappa shape index (κ3) is 4.88. The Morgan fingerprint density at radius 2 is 1.75 bits per heavy atom. The molecule has 0 saturated heterocycles. The van der Waals surface area contributed by atoms with E-state index in [2.05, 4.69) is 44.1 Å². The fourth-order valence-corrected chi connectivity index (χ4v) is 0.669. The fourth-order valence-electron chi connectivity index (χ4n) is 0.669. The summed E-state index contributed by atoms with van der Waals surface area (Å²) < 4.78 is 0. The molecule has 0 atom stereocenters. The summed E-state index contributed by atoms with van der Waals surface area (Å²) in [5, 5.41) is 9.55. The van der Waals surface area contributed by atoms with Crippen molar-refractivity contribution in [3.8, 4) is 0 Å². The van der Waals surface area contributed by atoms with Gasteiger partial charge < -0.3 is 0 Å². The number of hydrogen-bond donors (Lipinski definition) is 0. The van der Waals surface area contributed by atoms with Crippen molar-refractivity contribution in [2.24, 2.45) is 16.3 Å². The number of rotatable bonds is 4. The van der Waals surface area contributed by atoms with Crippen molar-refractivity contribution in [2.75, 3.05) is 7.05 Å². The minimum Gasteiger partial charge on any atom is -0.252 e. The van der Waals surface area contributed by atoms with Gasteiger partial charge in [-0.2, -0.15) is 5.11 Å². The Hall–Kier alpha value is -0.860. The molecule has 0 aliphatic heterocycles. The monoisotopic (exact) mass is 169 g/mol. The zero-order valence-electron chi connectivity index (χ0n) is 8.65. The second-order valence-corrected chi connectivity index (χ2v) is 3.35. The number of hydrogen-bond acceptors (Lipinski definition) is 2. The highest BCUT2D eigenvalue weighted by Gasteiger charge is 2.00. The second-order valence-electron chi connectivity index (χ2n) is 3.35. The molecule has 0 spiro atoms. The van der Waals surface area contributed by atoms with Crippen LogP contribution in [-0.2, 0) is 0 Å². The smallest absolute Gasteiger partial charge is 0.0509 e. The third-order valence-corrected chi connectivity index (χ3v) is 1.35. The summed E-state index contributed by atoms with van der Waals surface area (Å²) >= 11 is 0. The molecule has 3 nitrogen and oxygen atoms in total. The Balaban J connectivity index is 4.13. The van der Waals surface area contributed by atoms with Gasteiger partial charge in [0.25, 0.3) is 0 Å². The van der Waals surface area contributed by atoms with Gasteiger partial charge >= 0.3 is 0 Å².